The van der Waals surface area contributed by atoms with Crippen LogP contribution in [0.3, 0.4) is 0 Å². The van der Waals surface area contributed by atoms with E-state index in [0.29, 0.717) is 42.7 Å². The van der Waals surface area contributed by atoms with Crippen LogP contribution in [0.25, 0.3) is 0 Å². The van der Waals surface area contributed by atoms with Gasteiger partial charge in [-0.15, -0.1) is 0 Å². The zero-order chi connectivity index (χ0) is 25.5. The third-order valence-corrected chi connectivity index (χ3v) is 11.8. The van der Waals surface area contributed by atoms with Crippen LogP contribution < -0.4 is 0 Å². The van der Waals surface area contributed by atoms with Gasteiger partial charge in [-0.1, -0.05) is 47.1 Å². The lowest BCUT2D eigenvalue weighted by Gasteiger charge is -2.60. The van der Waals surface area contributed by atoms with Crippen LogP contribution in [0.5, 0.6) is 0 Å². The van der Waals surface area contributed by atoms with Crippen LogP contribution >= 0.6 is 0 Å². The SMILES string of the molecule is C[C@H](CC[C@H](O)C(C)(C)O)C1CC[C@@]2(C)C3=C(CC[C@]12C)[C@@]1(C)CCC(=O)C(C)(C)[C@@H]1CC3=O. The number of rotatable bonds is 5. The van der Waals surface area contributed by atoms with Crippen LogP contribution in [-0.4, -0.2) is 33.5 Å². The summed E-state index contributed by atoms with van der Waals surface area (Å²) in [6.07, 6.45) is 7.01. The Hall–Kier alpha value is -1.00. The fourth-order valence-corrected chi connectivity index (χ4v) is 9.10. The number of aliphatic hydroxyl groups excluding tert-OH is 1. The molecule has 4 aliphatic rings. The predicted molar refractivity (Wildman–Crippen MR) is 135 cm³/mol. The van der Waals surface area contributed by atoms with Crippen molar-refractivity contribution in [2.45, 2.75) is 125 Å². The van der Waals surface area contributed by atoms with Crippen LogP contribution in [0.1, 0.15) is 113 Å². The summed E-state index contributed by atoms with van der Waals surface area (Å²) in [6, 6.07) is 0. The van der Waals surface area contributed by atoms with E-state index >= 15 is 0 Å². The average molecular weight is 473 g/mol. The summed E-state index contributed by atoms with van der Waals surface area (Å²) in [5.74, 6) is 1.67. The van der Waals surface area contributed by atoms with Gasteiger partial charge in [0.25, 0.3) is 0 Å². The summed E-state index contributed by atoms with van der Waals surface area (Å²) in [5, 5.41) is 20.5. The Bertz CT molecular complexity index is 907. The molecule has 34 heavy (non-hydrogen) atoms. The molecule has 7 atom stereocenters. The zero-order valence-corrected chi connectivity index (χ0v) is 22.9. The van der Waals surface area contributed by atoms with E-state index in [2.05, 4.69) is 41.5 Å². The Morgan fingerprint density at radius 2 is 1.65 bits per heavy atom. The van der Waals surface area contributed by atoms with Gasteiger partial charge < -0.3 is 10.2 Å². The quantitative estimate of drug-likeness (QED) is 0.512. The Balaban J connectivity index is 1.66. The number of Topliss-reactive ketones (excluding diaryl/α,β-unsaturated/α-hetero) is 2. The Labute approximate surface area is 207 Å². The van der Waals surface area contributed by atoms with E-state index in [-0.39, 0.29) is 22.2 Å². The summed E-state index contributed by atoms with van der Waals surface area (Å²) in [6.45, 7) is 16.9. The van der Waals surface area contributed by atoms with E-state index in [1.165, 1.54) is 5.57 Å². The first-order chi connectivity index (χ1) is 15.5. The first-order valence-electron chi connectivity index (χ1n) is 13.7. The normalized spacial score (nSPS) is 41.6. The summed E-state index contributed by atoms with van der Waals surface area (Å²) in [7, 11) is 0. The zero-order valence-electron chi connectivity index (χ0n) is 22.9. The molecule has 0 saturated heterocycles. The second-order valence-electron chi connectivity index (χ2n) is 14.2. The maximum absolute atomic E-state index is 13.9. The highest BCUT2D eigenvalue weighted by atomic mass is 16.3. The highest BCUT2D eigenvalue weighted by Crippen LogP contribution is 2.71. The molecule has 0 spiro atoms. The van der Waals surface area contributed by atoms with E-state index in [1.807, 2.05) is 0 Å². The molecular formula is C30H48O4. The molecular weight excluding hydrogens is 424 g/mol. The van der Waals surface area contributed by atoms with Gasteiger partial charge in [-0.2, -0.15) is 0 Å². The molecule has 0 aromatic heterocycles. The molecule has 0 bridgehead atoms. The lowest BCUT2D eigenvalue weighted by Crippen LogP contribution is -2.56. The third kappa shape index (κ3) is 3.52. The van der Waals surface area contributed by atoms with E-state index in [1.54, 1.807) is 13.8 Å². The Kier molecular flexibility index (Phi) is 6.14. The Morgan fingerprint density at radius 3 is 2.26 bits per heavy atom. The summed E-state index contributed by atoms with van der Waals surface area (Å²) < 4.78 is 0. The molecule has 1 unspecified atom stereocenters. The summed E-state index contributed by atoms with van der Waals surface area (Å²) in [5.41, 5.74) is 0.905. The van der Waals surface area contributed by atoms with Gasteiger partial charge in [0.15, 0.2) is 5.78 Å². The number of hydrogen-bond acceptors (Lipinski definition) is 4. The minimum absolute atomic E-state index is 0.0501. The first-order valence-corrected chi connectivity index (χ1v) is 13.7. The minimum Gasteiger partial charge on any atom is -0.390 e. The maximum Gasteiger partial charge on any atom is 0.159 e. The predicted octanol–water partition coefficient (Wildman–Crippen LogP) is 6.03. The van der Waals surface area contributed by atoms with Gasteiger partial charge in [-0.25, -0.2) is 0 Å². The number of allylic oxidation sites excluding steroid dienone is 2. The fraction of sp³-hybridized carbons (Fsp3) is 0.867. The van der Waals surface area contributed by atoms with Gasteiger partial charge in [0, 0.05) is 29.2 Å². The van der Waals surface area contributed by atoms with Crippen molar-refractivity contribution in [2.75, 3.05) is 0 Å². The first kappa shape index (κ1) is 26.1. The van der Waals surface area contributed by atoms with Gasteiger partial charge in [0.05, 0.1) is 11.7 Å². The standard InChI is InChI=1S/C30H48O4/c1-18(9-10-24(33)27(4,5)34)19-11-16-30(8)25-20(12-15-29(19,30)7)28(6)14-13-23(32)26(2,3)22(28)17-21(25)31/h18-19,22,24,33-34H,9-17H2,1-8H3/t18-,19?,22+,24+,28-,29-,30+/m1/s1. The van der Waals surface area contributed by atoms with Crippen molar-refractivity contribution in [3.63, 3.8) is 0 Å². The van der Waals surface area contributed by atoms with E-state index < -0.39 is 17.1 Å². The summed E-state index contributed by atoms with van der Waals surface area (Å²) >= 11 is 0. The molecule has 0 aromatic carbocycles. The molecule has 4 heteroatoms. The smallest absolute Gasteiger partial charge is 0.159 e. The average Bonchev–Trinajstić information content (AvgIpc) is 3.01. The number of hydrogen-bond donors (Lipinski definition) is 2. The molecule has 4 rings (SSSR count). The van der Waals surface area contributed by atoms with Crippen molar-refractivity contribution in [1.29, 1.82) is 0 Å². The van der Waals surface area contributed by atoms with Crippen molar-refractivity contribution < 1.29 is 19.8 Å². The Morgan fingerprint density at radius 1 is 1.00 bits per heavy atom. The van der Waals surface area contributed by atoms with Gasteiger partial charge >= 0.3 is 0 Å². The highest BCUT2D eigenvalue weighted by molar-refractivity contribution is 6.00. The molecule has 4 nitrogen and oxygen atoms in total. The molecule has 2 N–H and O–H groups in total. The van der Waals surface area contributed by atoms with E-state index in [0.717, 1.165) is 44.1 Å². The number of aliphatic hydroxyl groups is 2. The molecule has 0 heterocycles. The van der Waals surface area contributed by atoms with Gasteiger partial charge in [0.1, 0.15) is 5.78 Å². The molecule has 2 fully saturated rings. The maximum atomic E-state index is 13.9. The minimum atomic E-state index is -1.08. The van der Waals surface area contributed by atoms with Crippen LogP contribution in [0, 0.1) is 39.4 Å². The molecule has 0 aromatic rings. The van der Waals surface area contributed by atoms with E-state index in [9.17, 15) is 19.8 Å². The lowest BCUT2D eigenvalue weighted by atomic mass is 9.43. The topological polar surface area (TPSA) is 74.6 Å². The van der Waals surface area contributed by atoms with Gasteiger partial charge in [0.2, 0.25) is 0 Å². The monoisotopic (exact) mass is 472 g/mol. The van der Waals surface area contributed by atoms with E-state index in [4.69, 9.17) is 0 Å². The van der Waals surface area contributed by atoms with Crippen LogP contribution in [0.2, 0.25) is 0 Å². The van der Waals surface area contributed by atoms with Crippen LogP contribution in [-0.2, 0) is 9.59 Å². The van der Waals surface area contributed by atoms with Crippen molar-refractivity contribution in [1.82, 2.24) is 0 Å². The molecule has 0 radical (unpaired) electrons. The second-order valence-corrected chi connectivity index (χ2v) is 14.2. The van der Waals surface area contributed by atoms with Crippen molar-refractivity contribution in [3.8, 4) is 0 Å². The van der Waals surface area contributed by atoms with Crippen molar-refractivity contribution >= 4 is 11.6 Å². The summed E-state index contributed by atoms with van der Waals surface area (Å²) in [4.78, 5) is 26.7. The fourth-order valence-electron chi connectivity index (χ4n) is 9.10. The van der Waals surface area contributed by atoms with Crippen LogP contribution in [0.15, 0.2) is 11.1 Å². The van der Waals surface area contributed by atoms with Crippen molar-refractivity contribution in [2.24, 2.45) is 39.4 Å². The molecule has 0 amide bonds. The number of carbonyl (C=O) groups excluding carboxylic acids is 2. The lowest BCUT2D eigenvalue weighted by molar-refractivity contribution is -0.142. The molecule has 0 aliphatic heterocycles. The van der Waals surface area contributed by atoms with Crippen molar-refractivity contribution in [3.05, 3.63) is 11.1 Å². The molecule has 2 saturated carbocycles. The second kappa shape index (κ2) is 8.00. The van der Waals surface area contributed by atoms with Crippen LogP contribution in [0.4, 0.5) is 0 Å². The molecule has 4 aliphatic carbocycles. The third-order valence-electron chi connectivity index (χ3n) is 11.8. The van der Waals surface area contributed by atoms with Gasteiger partial charge in [-0.3, -0.25) is 9.59 Å². The number of ketones is 2. The van der Waals surface area contributed by atoms with Gasteiger partial charge in [-0.05, 0) is 87.4 Å². The highest BCUT2D eigenvalue weighted by Gasteiger charge is 2.65. The number of carbonyl (C=O) groups is 2. The largest absolute Gasteiger partial charge is 0.390 e. The number of fused-ring (bicyclic) bond motifs is 4. The molecule has 192 valence electrons.